The Morgan fingerprint density at radius 2 is 1.77 bits per heavy atom. The fourth-order valence-electron chi connectivity index (χ4n) is 3.52. The zero-order valence-electron chi connectivity index (χ0n) is 13.9. The normalized spacial score (nSPS) is 24.0. The molecule has 1 fully saturated rings. The highest BCUT2D eigenvalue weighted by molar-refractivity contribution is 6.32. The summed E-state index contributed by atoms with van der Waals surface area (Å²) in [6.07, 6.45) is 2.00. The fourth-order valence-corrected chi connectivity index (χ4v) is 3.96. The maximum absolute atomic E-state index is 12.3. The predicted molar refractivity (Wildman–Crippen MR) is 106 cm³/mol. The minimum Gasteiger partial charge on any atom is -0.329 e. The summed E-state index contributed by atoms with van der Waals surface area (Å²) < 4.78 is 0. The Bertz CT molecular complexity index is 923. The lowest BCUT2D eigenvalue weighted by molar-refractivity contribution is 0.239. The lowest BCUT2D eigenvalue weighted by Gasteiger charge is -2.37. The van der Waals surface area contributed by atoms with Crippen molar-refractivity contribution in [2.45, 2.75) is 6.04 Å². The van der Waals surface area contributed by atoms with Crippen LogP contribution in [-0.4, -0.2) is 24.8 Å². The Kier molecular flexibility index (Phi) is 4.81. The second-order valence-electron chi connectivity index (χ2n) is 6.37. The van der Waals surface area contributed by atoms with E-state index in [0.29, 0.717) is 16.6 Å². The molecule has 0 radical (unpaired) electrons. The van der Waals surface area contributed by atoms with Crippen LogP contribution in [0.5, 0.6) is 0 Å². The summed E-state index contributed by atoms with van der Waals surface area (Å²) in [5.74, 6) is 0.00934. The van der Waals surface area contributed by atoms with Crippen molar-refractivity contribution < 1.29 is 4.79 Å². The summed E-state index contributed by atoms with van der Waals surface area (Å²) in [5.41, 5.74) is 3.59. The molecule has 2 atom stereocenters. The highest BCUT2D eigenvalue weighted by Gasteiger charge is 2.37. The number of urea groups is 1. The van der Waals surface area contributed by atoms with Gasteiger partial charge in [0, 0.05) is 29.1 Å². The number of fused-ring (bicyclic) bond motifs is 1. The van der Waals surface area contributed by atoms with Crippen LogP contribution in [0.3, 0.4) is 0 Å². The van der Waals surface area contributed by atoms with Gasteiger partial charge in [0.1, 0.15) is 0 Å². The first-order chi connectivity index (χ1) is 12.6. The molecular formula is C20H17Cl2N3O. The molecule has 2 aliphatic heterocycles. The van der Waals surface area contributed by atoms with Crippen LogP contribution < -0.4 is 10.6 Å². The monoisotopic (exact) mass is 385 g/mol. The molecule has 2 unspecified atom stereocenters. The minimum absolute atomic E-state index is 0.00934. The van der Waals surface area contributed by atoms with Crippen LogP contribution in [0, 0.1) is 5.92 Å². The van der Waals surface area contributed by atoms with Crippen molar-refractivity contribution in [2.75, 3.05) is 13.1 Å². The lowest BCUT2D eigenvalue weighted by Crippen LogP contribution is -2.50. The van der Waals surface area contributed by atoms with E-state index in [9.17, 15) is 4.79 Å². The molecule has 2 aromatic carbocycles. The van der Waals surface area contributed by atoms with E-state index < -0.39 is 0 Å². The Balaban J connectivity index is 1.75. The zero-order valence-corrected chi connectivity index (χ0v) is 15.4. The number of nitrogens with one attached hydrogen (secondary N) is 2. The molecule has 26 heavy (non-hydrogen) atoms. The van der Waals surface area contributed by atoms with Gasteiger partial charge in [-0.05, 0) is 34.9 Å². The summed E-state index contributed by atoms with van der Waals surface area (Å²) in [4.78, 5) is 16.6. The van der Waals surface area contributed by atoms with Crippen LogP contribution in [0.1, 0.15) is 17.2 Å². The van der Waals surface area contributed by atoms with Gasteiger partial charge in [0.05, 0.1) is 11.8 Å². The van der Waals surface area contributed by atoms with Gasteiger partial charge in [0.2, 0.25) is 0 Å². The first-order valence-corrected chi connectivity index (χ1v) is 9.19. The second kappa shape index (κ2) is 7.23. The van der Waals surface area contributed by atoms with E-state index in [2.05, 4.69) is 15.6 Å². The van der Waals surface area contributed by atoms with Gasteiger partial charge in [-0.15, -0.1) is 0 Å². The number of carbonyl (C=O) groups excluding carboxylic acids is 1. The summed E-state index contributed by atoms with van der Waals surface area (Å²) in [6, 6.07) is 14.7. The number of rotatable bonds is 2. The van der Waals surface area contributed by atoms with Gasteiger partial charge in [-0.25, -0.2) is 4.79 Å². The number of amides is 2. The highest BCUT2D eigenvalue weighted by Crippen LogP contribution is 2.35. The molecule has 0 bridgehead atoms. The number of nitrogens with zero attached hydrogens (tertiary/aromatic N) is 1. The average Bonchev–Trinajstić information content (AvgIpc) is 2.64. The van der Waals surface area contributed by atoms with Gasteiger partial charge >= 0.3 is 6.03 Å². The number of hydrogen-bond acceptors (Lipinski definition) is 2. The van der Waals surface area contributed by atoms with Crippen LogP contribution in [0.2, 0.25) is 10.0 Å². The number of hydrogen-bond donors (Lipinski definition) is 2. The summed E-state index contributed by atoms with van der Waals surface area (Å²) >= 11 is 12.7. The molecule has 0 aliphatic carbocycles. The molecule has 4 rings (SSSR count). The molecule has 2 N–H and O–H groups in total. The second-order valence-corrected chi connectivity index (χ2v) is 7.19. The molecule has 132 valence electrons. The third-order valence-corrected chi connectivity index (χ3v) is 5.43. The van der Waals surface area contributed by atoms with E-state index in [1.807, 2.05) is 54.6 Å². The van der Waals surface area contributed by atoms with Gasteiger partial charge < -0.3 is 10.6 Å². The van der Waals surface area contributed by atoms with Crippen LogP contribution in [-0.2, 0) is 0 Å². The molecule has 1 saturated heterocycles. The predicted octanol–water partition coefficient (Wildman–Crippen LogP) is 4.50. The van der Waals surface area contributed by atoms with E-state index in [1.54, 1.807) is 0 Å². The SMILES string of the molecule is O=C1N=C2/C(=C/c3ccccc3Cl)CNCC2C(c2ccccc2Cl)N1. The quantitative estimate of drug-likeness (QED) is 0.799. The molecule has 6 heteroatoms. The minimum atomic E-state index is -0.340. The number of halogens is 2. The van der Waals surface area contributed by atoms with Crippen molar-refractivity contribution >= 4 is 41.0 Å². The van der Waals surface area contributed by atoms with Gasteiger partial charge in [-0.3, -0.25) is 0 Å². The van der Waals surface area contributed by atoms with Gasteiger partial charge in [-0.2, -0.15) is 4.99 Å². The summed E-state index contributed by atoms with van der Waals surface area (Å²) in [5, 5.41) is 7.70. The van der Waals surface area contributed by atoms with Crippen molar-refractivity contribution in [3.05, 3.63) is 75.3 Å². The smallest absolute Gasteiger partial charge is 0.329 e. The first-order valence-electron chi connectivity index (χ1n) is 8.43. The maximum Gasteiger partial charge on any atom is 0.341 e. The van der Waals surface area contributed by atoms with E-state index in [4.69, 9.17) is 23.2 Å². The summed E-state index contributed by atoms with van der Waals surface area (Å²) in [6.45, 7) is 1.36. The van der Waals surface area contributed by atoms with Gasteiger partial charge in [-0.1, -0.05) is 59.6 Å². The average molecular weight is 386 g/mol. The molecule has 2 heterocycles. The van der Waals surface area contributed by atoms with Crippen molar-refractivity contribution in [3.8, 4) is 0 Å². The van der Waals surface area contributed by atoms with Crippen molar-refractivity contribution in [1.29, 1.82) is 0 Å². The molecule has 2 amide bonds. The Labute approximate surface area is 161 Å². The zero-order chi connectivity index (χ0) is 18.1. The number of benzene rings is 2. The molecule has 4 nitrogen and oxygen atoms in total. The number of piperidine rings is 1. The van der Waals surface area contributed by atoms with Crippen LogP contribution >= 0.6 is 23.2 Å². The molecule has 0 saturated carbocycles. The Morgan fingerprint density at radius 3 is 2.54 bits per heavy atom. The summed E-state index contributed by atoms with van der Waals surface area (Å²) in [7, 11) is 0. The van der Waals surface area contributed by atoms with E-state index in [-0.39, 0.29) is 18.0 Å². The highest BCUT2D eigenvalue weighted by atomic mass is 35.5. The number of carbonyl (C=O) groups is 1. The van der Waals surface area contributed by atoms with Crippen LogP contribution in [0.4, 0.5) is 4.79 Å². The standard InChI is InChI=1S/C20H17Cl2N3O/c21-16-7-3-1-5-12(16)9-13-10-23-11-15-18(13)24-20(26)25-19(15)14-6-2-4-8-17(14)22/h1-9,15,19,23H,10-11H2,(H,25,26)/b13-9+. The number of aliphatic imine (C=N–C) groups is 1. The van der Waals surface area contributed by atoms with Crippen LogP contribution in [0.15, 0.2) is 59.1 Å². The van der Waals surface area contributed by atoms with Crippen molar-refractivity contribution in [2.24, 2.45) is 10.9 Å². The van der Waals surface area contributed by atoms with E-state index >= 15 is 0 Å². The topological polar surface area (TPSA) is 53.5 Å². The van der Waals surface area contributed by atoms with E-state index in [1.165, 1.54) is 0 Å². The third-order valence-electron chi connectivity index (χ3n) is 4.74. The van der Waals surface area contributed by atoms with Crippen molar-refractivity contribution in [1.82, 2.24) is 10.6 Å². The largest absolute Gasteiger partial charge is 0.341 e. The Hall–Kier alpha value is -2.14. The van der Waals surface area contributed by atoms with E-state index in [0.717, 1.165) is 29.0 Å². The molecular weight excluding hydrogens is 369 g/mol. The Morgan fingerprint density at radius 1 is 1.04 bits per heavy atom. The lowest BCUT2D eigenvalue weighted by atomic mass is 9.81. The molecule has 2 aromatic rings. The van der Waals surface area contributed by atoms with Crippen LogP contribution in [0.25, 0.3) is 6.08 Å². The van der Waals surface area contributed by atoms with Gasteiger partial charge in [0.25, 0.3) is 0 Å². The van der Waals surface area contributed by atoms with Gasteiger partial charge in [0.15, 0.2) is 0 Å². The molecule has 0 spiro atoms. The fraction of sp³-hybridized carbons (Fsp3) is 0.200. The van der Waals surface area contributed by atoms with Crippen molar-refractivity contribution in [3.63, 3.8) is 0 Å². The first kappa shape index (κ1) is 17.3. The maximum atomic E-state index is 12.3. The molecule has 0 aromatic heterocycles. The third kappa shape index (κ3) is 3.28. The molecule has 2 aliphatic rings.